The van der Waals surface area contributed by atoms with Crippen molar-refractivity contribution < 1.29 is 4.52 Å². The van der Waals surface area contributed by atoms with Gasteiger partial charge in [-0.1, -0.05) is 47.6 Å². The average molecular weight is 400 g/mol. The van der Waals surface area contributed by atoms with E-state index in [0.29, 0.717) is 17.5 Å². The Morgan fingerprint density at radius 1 is 1.00 bits per heavy atom. The molecule has 1 fully saturated rings. The van der Waals surface area contributed by atoms with E-state index in [0.717, 1.165) is 54.8 Å². The van der Waals surface area contributed by atoms with Gasteiger partial charge in [-0.2, -0.15) is 4.98 Å². The molecule has 1 N–H and O–H groups in total. The van der Waals surface area contributed by atoms with Crippen LogP contribution in [0, 0.1) is 0 Å². The summed E-state index contributed by atoms with van der Waals surface area (Å²) < 4.78 is 5.48. The Kier molecular flexibility index (Phi) is 5.01. The second-order valence-electron chi connectivity index (χ2n) is 7.71. The van der Waals surface area contributed by atoms with Gasteiger partial charge < -0.3 is 14.7 Å². The molecular formula is C23H24N6O. The summed E-state index contributed by atoms with van der Waals surface area (Å²) in [6.07, 6.45) is 3.25. The van der Waals surface area contributed by atoms with Gasteiger partial charge in [-0.15, -0.1) is 10.2 Å². The Balaban J connectivity index is 1.29. The Morgan fingerprint density at radius 3 is 2.57 bits per heavy atom. The van der Waals surface area contributed by atoms with Gasteiger partial charge in [0.05, 0.1) is 0 Å². The summed E-state index contributed by atoms with van der Waals surface area (Å²) in [5.74, 6) is 2.44. The van der Waals surface area contributed by atoms with Gasteiger partial charge in [0.1, 0.15) is 0 Å². The maximum Gasteiger partial charge on any atom is 0.279 e. The molecule has 2 heterocycles. The number of fused-ring (bicyclic) bond motifs is 1. The second-order valence-corrected chi connectivity index (χ2v) is 7.71. The normalized spacial score (nSPS) is 13.5. The first-order valence-electron chi connectivity index (χ1n) is 10.4. The van der Waals surface area contributed by atoms with Crippen molar-refractivity contribution in [3.63, 3.8) is 0 Å². The lowest BCUT2D eigenvalue weighted by Crippen LogP contribution is -2.21. The lowest BCUT2D eigenvalue weighted by atomic mass is 10.1. The SMILES string of the molecule is CN(CCCNc1nnc(-c2nc(C3CC3)no2)c2ccccc12)c1ccccc1. The minimum atomic E-state index is 0.441. The summed E-state index contributed by atoms with van der Waals surface area (Å²) in [5, 5.41) is 18.4. The van der Waals surface area contributed by atoms with Crippen LogP contribution in [-0.2, 0) is 0 Å². The molecule has 0 saturated heterocycles. The second kappa shape index (κ2) is 8.10. The monoisotopic (exact) mass is 400 g/mol. The van der Waals surface area contributed by atoms with Crippen LogP contribution in [0.15, 0.2) is 59.1 Å². The molecule has 0 bridgehead atoms. The molecule has 2 aromatic carbocycles. The quantitative estimate of drug-likeness (QED) is 0.436. The number of hydrogen-bond acceptors (Lipinski definition) is 7. The maximum atomic E-state index is 5.48. The van der Waals surface area contributed by atoms with E-state index in [1.807, 2.05) is 30.3 Å². The number of nitrogens with one attached hydrogen (secondary N) is 1. The zero-order valence-corrected chi connectivity index (χ0v) is 17.0. The van der Waals surface area contributed by atoms with E-state index >= 15 is 0 Å². The van der Waals surface area contributed by atoms with Crippen LogP contribution in [0.3, 0.4) is 0 Å². The van der Waals surface area contributed by atoms with Crippen molar-refractivity contribution in [1.29, 1.82) is 0 Å². The average Bonchev–Trinajstić information content (AvgIpc) is 3.54. The first-order valence-corrected chi connectivity index (χ1v) is 10.4. The molecule has 0 spiro atoms. The fraction of sp³-hybridized carbons (Fsp3) is 0.304. The van der Waals surface area contributed by atoms with Gasteiger partial charge >= 0.3 is 0 Å². The van der Waals surface area contributed by atoms with E-state index in [1.165, 1.54) is 5.69 Å². The summed E-state index contributed by atoms with van der Waals surface area (Å²) in [7, 11) is 2.11. The molecule has 0 aliphatic heterocycles. The summed E-state index contributed by atoms with van der Waals surface area (Å²) in [5.41, 5.74) is 1.86. The fourth-order valence-corrected chi connectivity index (χ4v) is 3.57. The number of rotatable bonds is 8. The van der Waals surface area contributed by atoms with Crippen LogP contribution >= 0.6 is 0 Å². The third kappa shape index (κ3) is 3.83. The largest absolute Gasteiger partial charge is 0.375 e. The van der Waals surface area contributed by atoms with Gasteiger partial charge in [-0.05, 0) is 31.4 Å². The highest BCUT2D eigenvalue weighted by atomic mass is 16.5. The zero-order valence-electron chi connectivity index (χ0n) is 17.0. The van der Waals surface area contributed by atoms with Crippen molar-refractivity contribution in [2.75, 3.05) is 30.4 Å². The van der Waals surface area contributed by atoms with Crippen molar-refractivity contribution in [3.8, 4) is 11.6 Å². The highest BCUT2D eigenvalue weighted by Crippen LogP contribution is 2.39. The van der Waals surface area contributed by atoms with Crippen LogP contribution in [0.5, 0.6) is 0 Å². The van der Waals surface area contributed by atoms with E-state index < -0.39 is 0 Å². The third-order valence-electron chi connectivity index (χ3n) is 5.43. The van der Waals surface area contributed by atoms with Gasteiger partial charge in [0, 0.05) is 42.5 Å². The zero-order chi connectivity index (χ0) is 20.3. The van der Waals surface area contributed by atoms with E-state index in [-0.39, 0.29) is 0 Å². The summed E-state index contributed by atoms with van der Waals surface area (Å²) in [6, 6.07) is 18.5. The van der Waals surface area contributed by atoms with E-state index in [2.05, 4.69) is 61.9 Å². The van der Waals surface area contributed by atoms with Crippen molar-refractivity contribution in [2.45, 2.75) is 25.2 Å². The van der Waals surface area contributed by atoms with Crippen LogP contribution in [-0.4, -0.2) is 40.5 Å². The van der Waals surface area contributed by atoms with Gasteiger partial charge in [0.15, 0.2) is 17.3 Å². The van der Waals surface area contributed by atoms with Crippen molar-refractivity contribution >= 4 is 22.3 Å². The molecule has 0 unspecified atom stereocenters. The van der Waals surface area contributed by atoms with Gasteiger partial charge in [-0.3, -0.25) is 0 Å². The molecule has 7 nitrogen and oxygen atoms in total. The molecule has 7 heteroatoms. The minimum absolute atomic E-state index is 0.441. The number of benzene rings is 2. The lowest BCUT2D eigenvalue weighted by Gasteiger charge is -2.19. The van der Waals surface area contributed by atoms with Crippen LogP contribution in [0.1, 0.15) is 31.0 Å². The van der Waals surface area contributed by atoms with Crippen molar-refractivity contribution in [1.82, 2.24) is 20.3 Å². The van der Waals surface area contributed by atoms with Crippen molar-refractivity contribution in [3.05, 3.63) is 60.4 Å². The summed E-state index contributed by atoms with van der Waals surface area (Å²) in [4.78, 5) is 6.79. The van der Waals surface area contributed by atoms with Crippen LogP contribution in [0.2, 0.25) is 0 Å². The molecule has 1 aliphatic rings. The Bertz CT molecular complexity index is 1140. The predicted octanol–water partition coefficient (Wildman–Crippen LogP) is 4.50. The number of hydrogen-bond donors (Lipinski definition) is 1. The molecule has 1 saturated carbocycles. The van der Waals surface area contributed by atoms with Gasteiger partial charge in [0.25, 0.3) is 5.89 Å². The van der Waals surface area contributed by atoms with Crippen LogP contribution < -0.4 is 10.2 Å². The molecule has 4 aromatic rings. The van der Waals surface area contributed by atoms with Crippen molar-refractivity contribution in [2.24, 2.45) is 0 Å². The number of nitrogens with zero attached hydrogens (tertiary/aromatic N) is 5. The summed E-state index contributed by atoms with van der Waals surface area (Å²) in [6.45, 7) is 1.76. The maximum absolute atomic E-state index is 5.48. The Labute approximate surface area is 175 Å². The smallest absolute Gasteiger partial charge is 0.279 e. The molecule has 152 valence electrons. The lowest BCUT2D eigenvalue weighted by molar-refractivity contribution is 0.421. The Morgan fingerprint density at radius 2 is 1.77 bits per heavy atom. The highest BCUT2D eigenvalue weighted by molar-refractivity contribution is 5.98. The highest BCUT2D eigenvalue weighted by Gasteiger charge is 2.29. The fourth-order valence-electron chi connectivity index (χ4n) is 3.57. The number of aromatic nitrogens is 4. The van der Waals surface area contributed by atoms with E-state index in [9.17, 15) is 0 Å². The molecule has 1 aliphatic carbocycles. The van der Waals surface area contributed by atoms with Gasteiger partial charge in [-0.25, -0.2) is 0 Å². The first-order chi connectivity index (χ1) is 14.8. The van der Waals surface area contributed by atoms with Crippen LogP contribution in [0.25, 0.3) is 22.4 Å². The molecule has 0 radical (unpaired) electrons. The summed E-state index contributed by atoms with van der Waals surface area (Å²) >= 11 is 0. The van der Waals surface area contributed by atoms with Gasteiger partial charge in [0.2, 0.25) is 0 Å². The topological polar surface area (TPSA) is 80.0 Å². The molecule has 0 amide bonds. The number of para-hydroxylation sites is 1. The minimum Gasteiger partial charge on any atom is -0.375 e. The molecule has 0 atom stereocenters. The standard InChI is InChI=1S/C23H24N6O/c1-29(17-8-3-2-4-9-17)15-7-14-24-22-19-11-6-5-10-18(19)20(26-27-22)23-25-21(28-30-23)16-12-13-16/h2-6,8-11,16H,7,12-15H2,1H3,(H,24,27). The molecule has 5 rings (SSSR count). The predicted molar refractivity (Wildman–Crippen MR) is 118 cm³/mol. The Hall–Kier alpha value is -3.48. The molecule has 2 aromatic heterocycles. The van der Waals surface area contributed by atoms with Crippen LogP contribution in [0.4, 0.5) is 11.5 Å². The first kappa shape index (κ1) is 18.5. The number of anilines is 2. The van der Waals surface area contributed by atoms with E-state index in [1.54, 1.807) is 0 Å². The van der Waals surface area contributed by atoms with E-state index in [4.69, 9.17) is 4.52 Å². The molecular weight excluding hydrogens is 376 g/mol. The molecule has 30 heavy (non-hydrogen) atoms. The third-order valence-corrected chi connectivity index (χ3v) is 5.43.